The monoisotopic (exact) mass is 268 g/mol. The number of ether oxygens (including phenoxy) is 1. The number of rotatable bonds is 8. The van der Waals surface area contributed by atoms with E-state index in [2.05, 4.69) is 27.7 Å². The van der Waals surface area contributed by atoms with Crippen LogP contribution in [0.3, 0.4) is 0 Å². The van der Waals surface area contributed by atoms with E-state index < -0.39 is 0 Å². The fourth-order valence-electron chi connectivity index (χ4n) is 4.02. The molecule has 0 unspecified atom stereocenters. The summed E-state index contributed by atoms with van der Waals surface area (Å²) in [7, 11) is 0. The molecule has 0 spiro atoms. The minimum atomic E-state index is 0.0753. The number of carbonyl (C=O) groups is 1. The summed E-state index contributed by atoms with van der Waals surface area (Å²) in [6, 6.07) is 0. The molecule has 0 aromatic rings. The predicted octanol–water partition coefficient (Wildman–Crippen LogP) is 4.67. The summed E-state index contributed by atoms with van der Waals surface area (Å²) in [5, 5.41) is 0. The van der Waals surface area contributed by atoms with Crippen molar-refractivity contribution in [3.63, 3.8) is 0 Å². The molecule has 1 rings (SSSR count). The van der Waals surface area contributed by atoms with Gasteiger partial charge in [0, 0.05) is 0 Å². The lowest BCUT2D eigenvalue weighted by atomic mass is 9.76. The Hall–Kier alpha value is -0.530. The van der Waals surface area contributed by atoms with Crippen molar-refractivity contribution in [3.05, 3.63) is 0 Å². The van der Waals surface area contributed by atoms with E-state index in [1.807, 2.05) is 6.92 Å². The normalized spacial score (nSPS) is 30.3. The van der Waals surface area contributed by atoms with Gasteiger partial charge in [-0.3, -0.25) is 4.79 Å². The van der Waals surface area contributed by atoms with Gasteiger partial charge in [-0.25, -0.2) is 0 Å². The minimum absolute atomic E-state index is 0.0753. The largest absolute Gasteiger partial charge is 0.465 e. The summed E-state index contributed by atoms with van der Waals surface area (Å²) in [6.45, 7) is 12.1. The van der Waals surface area contributed by atoms with Crippen LogP contribution in [0.2, 0.25) is 0 Å². The van der Waals surface area contributed by atoms with E-state index in [1.54, 1.807) is 0 Å². The lowest BCUT2D eigenvalue weighted by molar-refractivity contribution is -0.133. The Kier molecular flexibility index (Phi) is 6.88. The molecule has 0 heterocycles. The molecule has 2 nitrogen and oxygen atoms in total. The number of carbonyl (C=O) groups excluding carboxylic acids is 1. The van der Waals surface area contributed by atoms with Crippen LogP contribution in [0.25, 0.3) is 0 Å². The first-order chi connectivity index (χ1) is 8.95. The van der Waals surface area contributed by atoms with Gasteiger partial charge in [-0.15, -0.1) is 0 Å². The minimum Gasteiger partial charge on any atom is -0.465 e. The second kappa shape index (κ2) is 7.91. The Labute approximate surface area is 119 Å². The Morgan fingerprint density at radius 1 is 1.21 bits per heavy atom. The van der Waals surface area contributed by atoms with Gasteiger partial charge in [-0.2, -0.15) is 0 Å². The van der Waals surface area contributed by atoms with Crippen molar-refractivity contribution in [1.29, 1.82) is 0 Å². The van der Waals surface area contributed by atoms with Gasteiger partial charge in [0.2, 0.25) is 0 Å². The van der Waals surface area contributed by atoms with Crippen LogP contribution in [-0.4, -0.2) is 12.6 Å². The summed E-state index contributed by atoms with van der Waals surface area (Å²) in [5.74, 6) is 4.16. The SMILES string of the molecule is CC(C)C[C@H](C)[C@@H]1CC[C@@H](C)[C@H]1CC[C@@H](C)OC=O. The molecule has 5 atom stereocenters. The fraction of sp³-hybridized carbons (Fsp3) is 0.941. The van der Waals surface area contributed by atoms with Crippen LogP contribution in [0.5, 0.6) is 0 Å². The van der Waals surface area contributed by atoms with E-state index in [1.165, 1.54) is 25.7 Å². The van der Waals surface area contributed by atoms with Crippen molar-refractivity contribution in [2.75, 3.05) is 0 Å². The van der Waals surface area contributed by atoms with Gasteiger partial charge in [0.15, 0.2) is 0 Å². The highest BCUT2D eigenvalue weighted by Crippen LogP contribution is 2.45. The molecule has 1 fully saturated rings. The summed E-state index contributed by atoms with van der Waals surface area (Å²) in [4.78, 5) is 10.3. The van der Waals surface area contributed by atoms with E-state index in [0.717, 1.165) is 36.0 Å². The third-order valence-corrected chi connectivity index (χ3v) is 5.00. The molecule has 0 aromatic carbocycles. The van der Waals surface area contributed by atoms with Crippen LogP contribution in [0.4, 0.5) is 0 Å². The van der Waals surface area contributed by atoms with E-state index in [-0.39, 0.29) is 6.10 Å². The van der Waals surface area contributed by atoms with E-state index >= 15 is 0 Å². The topological polar surface area (TPSA) is 26.3 Å². The number of hydrogen-bond acceptors (Lipinski definition) is 2. The molecule has 0 radical (unpaired) electrons. The zero-order valence-electron chi connectivity index (χ0n) is 13.4. The van der Waals surface area contributed by atoms with E-state index in [4.69, 9.17) is 4.74 Å². The van der Waals surface area contributed by atoms with Gasteiger partial charge in [-0.1, -0.05) is 34.1 Å². The molecule has 0 N–H and O–H groups in total. The zero-order chi connectivity index (χ0) is 14.4. The molecule has 0 aromatic heterocycles. The summed E-state index contributed by atoms with van der Waals surface area (Å²) in [6.07, 6.45) is 6.41. The molecule has 0 bridgehead atoms. The van der Waals surface area contributed by atoms with Gasteiger partial charge >= 0.3 is 0 Å². The zero-order valence-corrected chi connectivity index (χ0v) is 13.4. The third-order valence-electron chi connectivity index (χ3n) is 5.00. The lowest BCUT2D eigenvalue weighted by Gasteiger charge is -2.29. The molecule has 112 valence electrons. The molecular formula is C17H32O2. The molecule has 1 aliphatic carbocycles. The summed E-state index contributed by atoms with van der Waals surface area (Å²) < 4.78 is 5.02. The third kappa shape index (κ3) is 5.16. The van der Waals surface area contributed by atoms with Crippen molar-refractivity contribution >= 4 is 6.47 Å². The van der Waals surface area contributed by atoms with E-state index in [9.17, 15) is 4.79 Å². The first-order valence-corrected chi connectivity index (χ1v) is 8.04. The summed E-state index contributed by atoms with van der Waals surface area (Å²) >= 11 is 0. The van der Waals surface area contributed by atoms with Crippen molar-refractivity contribution in [2.24, 2.45) is 29.6 Å². The average molecular weight is 268 g/mol. The molecule has 0 saturated heterocycles. The van der Waals surface area contributed by atoms with E-state index in [0.29, 0.717) is 6.47 Å². The highest BCUT2D eigenvalue weighted by molar-refractivity contribution is 5.37. The summed E-state index contributed by atoms with van der Waals surface area (Å²) in [5.41, 5.74) is 0. The standard InChI is InChI=1S/C17H32O2/c1-12(2)10-14(4)17-8-6-13(3)16(17)9-7-15(5)19-11-18/h11-17H,6-10H2,1-5H3/t13-,14+,15-,16-,17+/m1/s1. The van der Waals surface area contributed by atoms with Gasteiger partial charge in [0.25, 0.3) is 6.47 Å². The maximum Gasteiger partial charge on any atom is 0.293 e. The van der Waals surface area contributed by atoms with Crippen LogP contribution in [0, 0.1) is 29.6 Å². The lowest BCUT2D eigenvalue weighted by Crippen LogP contribution is -2.22. The Morgan fingerprint density at radius 3 is 2.47 bits per heavy atom. The highest BCUT2D eigenvalue weighted by atomic mass is 16.5. The molecule has 19 heavy (non-hydrogen) atoms. The fourth-order valence-corrected chi connectivity index (χ4v) is 4.02. The Bertz CT molecular complexity index is 262. The highest BCUT2D eigenvalue weighted by Gasteiger charge is 2.36. The molecule has 2 heteroatoms. The van der Waals surface area contributed by atoms with Crippen molar-refractivity contribution in [2.45, 2.75) is 72.8 Å². The Balaban J connectivity index is 2.49. The molecule has 1 saturated carbocycles. The first kappa shape index (κ1) is 16.5. The maximum atomic E-state index is 10.3. The second-order valence-electron chi connectivity index (χ2n) is 7.11. The van der Waals surface area contributed by atoms with Crippen LogP contribution in [-0.2, 0) is 9.53 Å². The maximum absolute atomic E-state index is 10.3. The van der Waals surface area contributed by atoms with Crippen molar-refractivity contribution in [3.8, 4) is 0 Å². The van der Waals surface area contributed by atoms with Crippen molar-refractivity contribution in [1.82, 2.24) is 0 Å². The van der Waals surface area contributed by atoms with Crippen LogP contribution in [0.1, 0.15) is 66.7 Å². The van der Waals surface area contributed by atoms with Gasteiger partial charge < -0.3 is 4.74 Å². The van der Waals surface area contributed by atoms with Crippen LogP contribution in [0.15, 0.2) is 0 Å². The van der Waals surface area contributed by atoms with Gasteiger partial charge in [0.1, 0.15) is 0 Å². The Morgan fingerprint density at radius 2 is 1.89 bits per heavy atom. The quantitative estimate of drug-likeness (QED) is 0.598. The molecule has 0 amide bonds. The van der Waals surface area contributed by atoms with Crippen LogP contribution >= 0.6 is 0 Å². The van der Waals surface area contributed by atoms with Crippen LogP contribution < -0.4 is 0 Å². The van der Waals surface area contributed by atoms with Gasteiger partial charge in [-0.05, 0) is 62.2 Å². The second-order valence-corrected chi connectivity index (χ2v) is 7.11. The smallest absolute Gasteiger partial charge is 0.293 e. The average Bonchev–Trinajstić information content (AvgIpc) is 2.67. The molecule has 0 aliphatic heterocycles. The van der Waals surface area contributed by atoms with Crippen molar-refractivity contribution < 1.29 is 9.53 Å². The first-order valence-electron chi connectivity index (χ1n) is 8.04. The molecular weight excluding hydrogens is 236 g/mol. The van der Waals surface area contributed by atoms with Gasteiger partial charge in [0.05, 0.1) is 6.10 Å². The predicted molar refractivity (Wildman–Crippen MR) is 79.8 cm³/mol. The number of hydrogen-bond donors (Lipinski definition) is 0. The molecule has 1 aliphatic rings.